The van der Waals surface area contributed by atoms with E-state index in [-0.39, 0.29) is 12.5 Å². The van der Waals surface area contributed by atoms with E-state index >= 15 is 0 Å². The van der Waals surface area contributed by atoms with Crippen LogP contribution in [0.4, 0.5) is 11.4 Å². The number of hydrogen-bond donors (Lipinski definition) is 2. The molecule has 3 N–H and O–H groups in total. The molecular formula is C16H18N2O3. The van der Waals surface area contributed by atoms with Gasteiger partial charge in [-0.2, -0.15) is 0 Å². The Kier molecular flexibility index (Phi) is 5.04. The molecule has 21 heavy (non-hydrogen) atoms. The average molecular weight is 286 g/mol. The Labute approximate surface area is 123 Å². The minimum absolute atomic E-state index is 0.0584. The van der Waals surface area contributed by atoms with Gasteiger partial charge in [0.25, 0.3) is 5.91 Å². The van der Waals surface area contributed by atoms with Crippen LogP contribution >= 0.6 is 0 Å². The SMILES string of the molecule is CCOc1ccc(NC(=O)COc2ccc(N)cc2)cc1. The molecule has 0 spiro atoms. The molecule has 0 atom stereocenters. The van der Waals surface area contributed by atoms with Crippen LogP contribution < -0.4 is 20.5 Å². The van der Waals surface area contributed by atoms with Crippen molar-refractivity contribution in [3.8, 4) is 11.5 Å². The van der Waals surface area contributed by atoms with E-state index in [9.17, 15) is 4.79 Å². The Balaban J connectivity index is 1.82. The number of rotatable bonds is 6. The van der Waals surface area contributed by atoms with Crippen molar-refractivity contribution in [1.29, 1.82) is 0 Å². The number of benzene rings is 2. The summed E-state index contributed by atoms with van der Waals surface area (Å²) >= 11 is 0. The Bertz CT molecular complexity index is 579. The molecule has 0 aliphatic carbocycles. The lowest BCUT2D eigenvalue weighted by molar-refractivity contribution is -0.118. The molecule has 0 bridgehead atoms. The normalized spacial score (nSPS) is 9.95. The third kappa shape index (κ3) is 4.72. The van der Waals surface area contributed by atoms with Gasteiger partial charge in [-0.15, -0.1) is 0 Å². The molecule has 0 unspecified atom stereocenters. The van der Waals surface area contributed by atoms with Crippen molar-refractivity contribution in [3.63, 3.8) is 0 Å². The van der Waals surface area contributed by atoms with Gasteiger partial charge in [0.1, 0.15) is 11.5 Å². The van der Waals surface area contributed by atoms with Gasteiger partial charge in [0.15, 0.2) is 6.61 Å². The number of carbonyl (C=O) groups excluding carboxylic acids is 1. The Morgan fingerprint density at radius 1 is 1.00 bits per heavy atom. The molecule has 0 radical (unpaired) electrons. The minimum atomic E-state index is -0.226. The van der Waals surface area contributed by atoms with Gasteiger partial charge in [0.05, 0.1) is 6.61 Å². The molecule has 1 amide bonds. The molecule has 0 aliphatic heterocycles. The lowest BCUT2D eigenvalue weighted by atomic mass is 10.3. The summed E-state index contributed by atoms with van der Waals surface area (Å²) in [7, 11) is 0. The van der Waals surface area contributed by atoms with E-state index in [1.54, 1.807) is 48.5 Å². The molecule has 5 heteroatoms. The van der Waals surface area contributed by atoms with Gasteiger partial charge >= 0.3 is 0 Å². The molecule has 0 fully saturated rings. The first-order chi connectivity index (χ1) is 10.2. The number of ether oxygens (including phenoxy) is 2. The highest BCUT2D eigenvalue weighted by Gasteiger charge is 2.04. The van der Waals surface area contributed by atoms with Gasteiger partial charge in [-0.3, -0.25) is 4.79 Å². The number of nitrogens with two attached hydrogens (primary N) is 1. The fourth-order valence-electron chi connectivity index (χ4n) is 1.71. The number of nitrogens with one attached hydrogen (secondary N) is 1. The quantitative estimate of drug-likeness (QED) is 0.801. The van der Waals surface area contributed by atoms with Crippen LogP contribution in [-0.4, -0.2) is 19.1 Å². The molecule has 2 aromatic carbocycles. The Hall–Kier alpha value is -2.69. The van der Waals surface area contributed by atoms with Crippen LogP contribution in [0.3, 0.4) is 0 Å². The molecule has 0 saturated heterocycles. The first kappa shape index (κ1) is 14.7. The van der Waals surface area contributed by atoms with Crippen LogP contribution in [0.2, 0.25) is 0 Å². The highest BCUT2D eigenvalue weighted by molar-refractivity contribution is 5.91. The van der Waals surface area contributed by atoms with E-state index in [0.29, 0.717) is 23.7 Å². The largest absolute Gasteiger partial charge is 0.494 e. The van der Waals surface area contributed by atoms with Crippen molar-refractivity contribution >= 4 is 17.3 Å². The van der Waals surface area contributed by atoms with Crippen LogP contribution in [0.25, 0.3) is 0 Å². The maximum atomic E-state index is 11.8. The zero-order valence-corrected chi connectivity index (χ0v) is 11.8. The van der Waals surface area contributed by atoms with Crippen LogP contribution in [0.1, 0.15) is 6.92 Å². The van der Waals surface area contributed by atoms with Gasteiger partial charge in [-0.1, -0.05) is 0 Å². The second kappa shape index (κ2) is 7.19. The van der Waals surface area contributed by atoms with Gasteiger partial charge < -0.3 is 20.5 Å². The van der Waals surface area contributed by atoms with Crippen molar-refractivity contribution < 1.29 is 14.3 Å². The van der Waals surface area contributed by atoms with Crippen molar-refractivity contribution in [2.75, 3.05) is 24.3 Å². The summed E-state index contributed by atoms with van der Waals surface area (Å²) in [6.45, 7) is 2.47. The molecule has 0 aliphatic rings. The highest BCUT2D eigenvalue weighted by atomic mass is 16.5. The van der Waals surface area contributed by atoms with Gasteiger partial charge in [-0.05, 0) is 55.5 Å². The van der Waals surface area contributed by atoms with E-state index in [2.05, 4.69) is 5.32 Å². The van der Waals surface area contributed by atoms with Gasteiger partial charge in [0, 0.05) is 11.4 Å². The van der Waals surface area contributed by atoms with E-state index in [1.807, 2.05) is 6.92 Å². The predicted molar refractivity (Wildman–Crippen MR) is 82.6 cm³/mol. The molecule has 110 valence electrons. The second-order valence-corrected chi connectivity index (χ2v) is 4.36. The third-order valence-electron chi connectivity index (χ3n) is 2.70. The van der Waals surface area contributed by atoms with E-state index in [0.717, 1.165) is 5.75 Å². The average Bonchev–Trinajstić information content (AvgIpc) is 2.49. The van der Waals surface area contributed by atoms with Crippen LogP contribution in [0.5, 0.6) is 11.5 Å². The highest BCUT2D eigenvalue weighted by Crippen LogP contribution is 2.16. The van der Waals surface area contributed by atoms with Crippen molar-refractivity contribution in [2.45, 2.75) is 6.92 Å². The molecule has 0 saturated carbocycles. The Morgan fingerprint density at radius 3 is 2.19 bits per heavy atom. The maximum absolute atomic E-state index is 11.8. The standard InChI is InChI=1S/C16H18N2O3/c1-2-20-14-9-5-13(6-10-14)18-16(19)11-21-15-7-3-12(17)4-8-15/h3-10H,2,11,17H2,1H3,(H,18,19). The second-order valence-electron chi connectivity index (χ2n) is 4.36. The number of anilines is 2. The Morgan fingerprint density at radius 2 is 1.57 bits per heavy atom. The fraction of sp³-hybridized carbons (Fsp3) is 0.188. The zero-order valence-electron chi connectivity index (χ0n) is 11.8. The van der Waals surface area contributed by atoms with E-state index in [4.69, 9.17) is 15.2 Å². The summed E-state index contributed by atoms with van der Waals surface area (Å²) in [5.41, 5.74) is 6.93. The lowest BCUT2D eigenvalue weighted by Gasteiger charge is -2.08. The van der Waals surface area contributed by atoms with Crippen LogP contribution in [0, 0.1) is 0 Å². The lowest BCUT2D eigenvalue weighted by Crippen LogP contribution is -2.20. The topological polar surface area (TPSA) is 73.6 Å². The molecule has 5 nitrogen and oxygen atoms in total. The summed E-state index contributed by atoms with van der Waals surface area (Å²) < 4.78 is 10.7. The predicted octanol–water partition coefficient (Wildman–Crippen LogP) is 2.69. The molecule has 2 aromatic rings. The number of nitrogen functional groups attached to an aromatic ring is 1. The van der Waals surface area contributed by atoms with E-state index < -0.39 is 0 Å². The maximum Gasteiger partial charge on any atom is 0.262 e. The van der Waals surface area contributed by atoms with Gasteiger partial charge in [0.2, 0.25) is 0 Å². The number of hydrogen-bond acceptors (Lipinski definition) is 4. The molecule has 2 rings (SSSR count). The summed E-state index contributed by atoms with van der Waals surface area (Å²) in [5, 5.41) is 2.75. The van der Waals surface area contributed by atoms with Gasteiger partial charge in [-0.25, -0.2) is 0 Å². The van der Waals surface area contributed by atoms with Crippen molar-refractivity contribution in [2.24, 2.45) is 0 Å². The first-order valence-corrected chi connectivity index (χ1v) is 6.68. The number of carbonyl (C=O) groups is 1. The monoisotopic (exact) mass is 286 g/mol. The first-order valence-electron chi connectivity index (χ1n) is 6.68. The van der Waals surface area contributed by atoms with Crippen molar-refractivity contribution in [3.05, 3.63) is 48.5 Å². The van der Waals surface area contributed by atoms with E-state index in [1.165, 1.54) is 0 Å². The fourth-order valence-corrected chi connectivity index (χ4v) is 1.71. The summed E-state index contributed by atoms with van der Waals surface area (Å²) in [6, 6.07) is 14.1. The molecular weight excluding hydrogens is 268 g/mol. The third-order valence-corrected chi connectivity index (χ3v) is 2.70. The molecule has 0 aromatic heterocycles. The molecule has 0 heterocycles. The zero-order chi connectivity index (χ0) is 15.1. The number of amides is 1. The minimum Gasteiger partial charge on any atom is -0.494 e. The van der Waals surface area contributed by atoms with Crippen LogP contribution in [-0.2, 0) is 4.79 Å². The summed E-state index contributed by atoms with van der Waals surface area (Å²) in [6.07, 6.45) is 0. The van der Waals surface area contributed by atoms with Crippen LogP contribution in [0.15, 0.2) is 48.5 Å². The smallest absolute Gasteiger partial charge is 0.262 e. The summed E-state index contributed by atoms with van der Waals surface area (Å²) in [5.74, 6) is 1.15. The summed E-state index contributed by atoms with van der Waals surface area (Å²) in [4.78, 5) is 11.8. The van der Waals surface area contributed by atoms with Crippen molar-refractivity contribution in [1.82, 2.24) is 0 Å².